The first kappa shape index (κ1) is 31.3. The molecule has 1 unspecified atom stereocenters. The first-order chi connectivity index (χ1) is 13.1. The molecule has 155 valence electrons. The van der Waals surface area contributed by atoms with E-state index in [1.807, 2.05) is 12.2 Å². The SMILES string of the molecule is CC1=[C-]C(C)C(C)=C1C.[C-]1=CC=CC1.[Cl-].[Cl-].[Zr+4].c1ccc([SiH]c2ccccc2)cc1. The molecule has 0 saturated heterocycles. The van der Waals surface area contributed by atoms with Gasteiger partial charge in [-0.3, -0.25) is 12.2 Å². The fourth-order valence-corrected chi connectivity index (χ4v) is 4.01. The third-order valence-corrected chi connectivity index (χ3v) is 6.19. The first-order valence-corrected chi connectivity index (χ1v) is 10.7. The molecule has 0 aliphatic heterocycles. The summed E-state index contributed by atoms with van der Waals surface area (Å²) in [7, 11) is 0.271. The summed E-state index contributed by atoms with van der Waals surface area (Å²) in [5.74, 6) is 0.560. The maximum Gasteiger partial charge on any atom is 4.00 e. The summed E-state index contributed by atoms with van der Waals surface area (Å²) in [6.45, 7) is 8.67. The van der Waals surface area contributed by atoms with Crippen LogP contribution in [0.25, 0.3) is 0 Å². The van der Waals surface area contributed by atoms with Crippen molar-refractivity contribution in [2.24, 2.45) is 5.92 Å². The Bertz CT molecular complexity index is 777. The molecule has 0 fully saturated rings. The molecule has 0 aromatic heterocycles. The van der Waals surface area contributed by atoms with E-state index < -0.39 is 0 Å². The molecule has 2 aromatic rings. The average Bonchev–Trinajstić information content (AvgIpc) is 3.34. The van der Waals surface area contributed by atoms with Crippen LogP contribution in [0, 0.1) is 18.1 Å². The van der Waals surface area contributed by atoms with Gasteiger partial charge in [0, 0.05) is 0 Å². The molecule has 4 rings (SSSR count). The summed E-state index contributed by atoms with van der Waals surface area (Å²) < 4.78 is 0. The molecule has 4 heteroatoms. The molecule has 1 radical (unpaired) electrons. The molecule has 0 spiro atoms. The van der Waals surface area contributed by atoms with Crippen molar-refractivity contribution in [3.05, 3.63) is 108 Å². The first-order valence-electron chi connectivity index (χ1n) is 9.52. The van der Waals surface area contributed by atoms with Crippen LogP contribution in [0.3, 0.4) is 0 Å². The molecular weight excluding hydrogens is 503 g/mol. The van der Waals surface area contributed by atoms with Gasteiger partial charge in [-0.25, -0.2) is 17.7 Å². The van der Waals surface area contributed by atoms with Gasteiger partial charge in [-0.1, -0.05) is 97.7 Å². The second kappa shape index (κ2) is 17.7. The fourth-order valence-electron chi connectivity index (χ4n) is 2.79. The van der Waals surface area contributed by atoms with E-state index >= 15 is 0 Å². The zero-order valence-corrected chi connectivity index (χ0v) is 23.2. The minimum atomic E-state index is 0. The van der Waals surface area contributed by atoms with Gasteiger partial charge in [0.25, 0.3) is 0 Å². The Morgan fingerprint density at radius 2 is 1.33 bits per heavy atom. The van der Waals surface area contributed by atoms with E-state index in [1.165, 1.54) is 27.1 Å². The monoisotopic (exact) mass is 529 g/mol. The second-order valence-electron chi connectivity index (χ2n) is 6.77. The maximum atomic E-state index is 3.36. The fraction of sp³-hybridized carbons (Fsp3) is 0.231. The van der Waals surface area contributed by atoms with Gasteiger partial charge >= 0.3 is 26.2 Å². The molecule has 2 aliphatic rings. The van der Waals surface area contributed by atoms with E-state index in [2.05, 4.69) is 107 Å². The summed E-state index contributed by atoms with van der Waals surface area (Å²) in [6, 6.07) is 21.3. The molecule has 0 N–H and O–H groups in total. The largest absolute Gasteiger partial charge is 4.00 e. The topological polar surface area (TPSA) is 0 Å². The summed E-state index contributed by atoms with van der Waals surface area (Å²) in [4.78, 5) is 0. The van der Waals surface area contributed by atoms with Crippen molar-refractivity contribution >= 4 is 19.9 Å². The number of allylic oxidation sites excluding steroid dienone is 8. The minimum Gasteiger partial charge on any atom is -1.00 e. The Kier molecular flexibility index (Phi) is 18.5. The van der Waals surface area contributed by atoms with Crippen LogP contribution >= 0.6 is 0 Å². The Labute approximate surface area is 217 Å². The Balaban J connectivity index is 0. The predicted octanol–water partition coefficient (Wildman–Crippen LogP) is -0.893. The summed E-state index contributed by atoms with van der Waals surface area (Å²) in [6.07, 6.45) is 13.4. The zero-order chi connectivity index (χ0) is 19.5. The van der Waals surface area contributed by atoms with Gasteiger partial charge in [-0.15, -0.1) is 13.3 Å². The Morgan fingerprint density at radius 1 is 0.833 bits per heavy atom. The smallest absolute Gasteiger partial charge is 1.00 e. The van der Waals surface area contributed by atoms with Gasteiger partial charge in [-0.05, 0) is 0 Å². The third-order valence-electron chi connectivity index (χ3n) is 4.75. The molecule has 2 aliphatic carbocycles. The van der Waals surface area contributed by atoms with E-state index in [0.717, 1.165) is 6.42 Å². The van der Waals surface area contributed by atoms with Crippen molar-refractivity contribution in [2.75, 3.05) is 0 Å². The average molecular weight is 532 g/mol. The van der Waals surface area contributed by atoms with Gasteiger partial charge in [0.2, 0.25) is 0 Å². The van der Waals surface area contributed by atoms with Crippen LogP contribution in [0.2, 0.25) is 0 Å². The number of hydrogen-bond acceptors (Lipinski definition) is 0. The minimum absolute atomic E-state index is 0. The molecule has 0 heterocycles. The predicted molar refractivity (Wildman–Crippen MR) is 121 cm³/mol. The van der Waals surface area contributed by atoms with Crippen LogP contribution in [0.4, 0.5) is 0 Å². The van der Waals surface area contributed by atoms with Gasteiger partial charge in [0.15, 0.2) is 0 Å². The summed E-state index contributed by atoms with van der Waals surface area (Å²) in [5.41, 5.74) is 4.25. The van der Waals surface area contributed by atoms with E-state index in [-0.39, 0.29) is 60.5 Å². The molecule has 2 aromatic carbocycles. The van der Waals surface area contributed by atoms with Crippen LogP contribution in [0.1, 0.15) is 34.1 Å². The Hall–Kier alpha value is -0.920. The Morgan fingerprint density at radius 3 is 1.57 bits per heavy atom. The van der Waals surface area contributed by atoms with Gasteiger partial charge < -0.3 is 24.8 Å². The van der Waals surface area contributed by atoms with E-state index in [9.17, 15) is 0 Å². The standard InChI is InChI=1S/C12H11Si.C9H13.C5H5.2ClH.Zr/c1-3-7-11(8-4-1)13-12-9-5-2-6-10-12;1-6-5-7(2)9(4)8(6)3;1-2-4-5-3-1;;;/h1-10,13H;6H,1-4H3;1-3H,4H2;2*1H;/q;2*-1;;;+4/p-2. The number of rotatable bonds is 2. The van der Waals surface area contributed by atoms with Crippen LogP contribution in [0.5, 0.6) is 0 Å². The molecule has 0 bridgehead atoms. The quantitative estimate of drug-likeness (QED) is 0.349. The van der Waals surface area contributed by atoms with Crippen molar-refractivity contribution in [3.8, 4) is 0 Å². The van der Waals surface area contributed by atoms with Crippen LogP contribution in [-0.4, -0.2) is 9.52 Å². The maximum absolute atomic E-state index is 3.36. The van der Waals surface area contributed by atoms with E-state index in [1.54, 1.807) is 0 Å². The molecule has 0 nitrogen and oxygen atoms in total. The van der Waals surface area contributed by atoms with Crippen LogP contribution in [0.15, 0.2) is 95.6 Å². The van der Waals surface area contributed by atoms with Crippen LogP contribution in [-0.2, 0) is 26.2 Å². The van der Waals surface area contributed by atoms with E-state index in [0.29, 0.717) is 5.92 Å². The van der Waals surface area contributed by atoms with Crippen molar-refractivity contribution in [1.82, 2.24) is 0 Å². The normalized spacial score (nSPS) is 15.3. The van der Waals surface area contributed by atoms with Crippen molar-refractivity contribution < 1.29 is 51.0 Å². The summed E-state index contributed by atoms with van der Waals surface area (Å²) in [5, 5.41) is 2.90. The number of benzene rings is 2. The molecule has 0 saturated carbocycles. The van der Waals surface area contributed by atoms with Gasteiger partial charge in [0.05, 0.1) is 0 Å². The van der Waals surface area contributed by atoms with Crippen molar-refractivity contribution in [3.63, 3.8) is 0 Å². The van der Waals surface area contributed by atoms with Gasteiger partial charge in [0.1, 0.15) is 9.52 Å². The number of halogens is 2. The van der Waals surface area contributed by atoms with Crippen molar-refractivity contribution in [2.45, 2.75) is 34.1 Å². The van der Waals surface area contributed by atoms with Gasteiger partial charge in [-0.2, -0.15) is 17.2 Å². The molecular formula is C26H29Cl2SiZr. The number of hydrogen-bond donors (Lipinski definition) is 0. The zero-order valence-electron chi connectivity index (χ0n) is 18.1. The van der Waals surface area contributed by atoms with Crippen molar-refractivity contribution in [1.29, 1.82) is 0 Å². The second-order valence-corrected chi connectivity index (χ2v) is 8.39. The molecule has 30 heavy (non-hydrogen) atoms. The molecule has 0 amide bonds. The molecule has 1 atom stereocenters. The third kappa shape index (κ3) is 11.5. The summed E-state index contributed by atoms with van der Waals surface area (Å²) >= 11 is 0. The van der Waals surface area contributed by atoms with E-state index in [4.69, 9.17) is 0 Å². The van der Waals surface area contributed by atoms with Crippen LogP contribution < -0.4 is 35.2 Å².